The quantitative estimate of drug-likeness (QED) is 0.440. The molecule has 1 aliphatic rings. The van der Waals surface area contributed by atoms with E-state index in [1.54, 1.807) is 0 Å². The van der Waals surface area contributed by atoms with Gasteiger partial charge in [-0.05, 0) is 31.7 Å². The molecule has 1 atom stereocenters. The second-order valence-electron chi connectivity index (χ2n) is 4.47. The van der Waals surface area contributed by atoms with Crippen molar-refractivity contribution in [2.24, 2.45) is 5.92 Å². The lowest BCUT2D eigenvalue weighted by Gasteiger charge is -2.13. The van der Waals surface area contributed by atoms with Gasteiger partial charge in [0.1, 0.15) is 6.04 Å². The number of aliphatic carboxylic acids is 2. The Balaban J connectivity index is 2.22. The van der Waals surface area contributed by atoms with Gasteiger partial charge in [-0.3, -0.25) is 9.59 Å². The Bertz CT molecular complexity index is 327. The maximum Gasteiger partial charge on any atom is 0.326 e. The molecule has 1 aliphatic carbocycles. The minimum absolute atomic E-state index is 0.0628. The Kier molecular flexibility index (Phi) is 5.57. The molecule has 18 heavy (non-hydrogen) atoms. The topological polar surface area (TPSA) is 116 Å². The first-order chi connectivity index (χ1) is 8.49. The molecule has 4 N–H and O–H groups in total. The molecule has 102 valence electrons. The number of carboxylic acid groups (broad SMARTS) is 2. The van der Waals surface area contributed by atoms with E-state index in [1.807, 2.05) is 0 Å². The van der Waals surface area contributed by atoms with Crippen molar-refractivity contribution in [2.75, 3.05) is 13.1 Å². The van der Waals surface area contributed by atoms with E-state index >= 15 is 0 Å². The van der Waals surface area contributed by atoms with E-state index in [0.717, 1.165) is 6.54 Å². The minimum Gasteiger partial charge on any atom is -0.481 e. The van der Waals surface area contributed by atoms with E-state index in [1.165, 1.54) is 12.8 Å². The number of carbonyl (C=O) groups excluding carboxylic acids is 1. The predicted molar refractivity (Wildman–Crippen MR) is 62.0 cm³/mol. The van der Waals surface area contributed by atoms with E-state index in [9.17, 15) is 14.4 Å². The molecule has 0 spiro atoms. The third-order valence-corrected chi connectivity index (χ3v) is 2.70. The van der Waals surface area contributed by atoms with Gasteiger partial charge in [-0.1, -0.05) is 0 Å². The van der Waals surface area contributed by atoms with Crippen LogP contribution in [0.4, 0.5) is 0 Å². The Morgan fingerprint density at radius 2 is 1.89 bits per heavy atom. The molecule has 1 fully saturated rings. The molecule has 0 bridgehead atoms. The monoisotopic (exact) mass is 258 g/mol. The molecule has 7 heteroatoms. The Labute approximate surface area is 105 Å². The number of hydrogen-bond acceptors (Lipinski definition) is 4. The highest BCUT2D eigenvalue weighted by Crippen LogP contribution is 2.27. The van der Waals surface area contributed by atoms with Gasteiger partial charge < -0.3 is 20.8 Å². The van der Waals surface area contributed by atoms with Crippen LogP contribution >= 0.6 is 0 Å². The molecule has 0 aromatic carbocycles. The Hall–Kier alpha value is -1.63. The molecule has 0 aliphatic heterocycles. The van der Waals surface area contributed by atoms with E-state index < -0.39 is 23.9 Å². The van der Waals surface area contributed by atoms with Crippen LogP contribution in [-0.2, 0) is 14.4 Å². The highest BCUT2D eigenvalue weighted by Gasteiger charge is 2.22. The molecule has 7 nitrogen and oxygen atoms in total. The SMILES string of the molecule is O=C(O)CCC(NC(=O)CNCC1CC1)C(=O)O. The number of amides is 1. The van der Waals surface area contributed by atoms with Gasteiger partial charge in [-0.25, -0.2) is 4.79 Å². The fourth-order valence-electron chi connectivity index (χ4n) is 1.48. The number of carbonyl (C=O) groups is 3. The van der Waals surface area contributed by atoms with Crippen molar-refractivity contribution in [3.05, 3.63) is 0 Å². The molecule has 1 unspecified atom stereocenters. The van der Waals surface area contributed by atoms with Crippen LogP contribution in [0.5, 0.6) is 0 Å². The van der Waals surface area contributed by atoms with E-state index in [2.05, 4.69) is 10.6 Å². The van der Waals surface area contributed by atoms with Gasteiger partial charge in [0.25, 0.3) is 0 Å². The first-order valence-electron chi connectivity index (χ1n) is 5.93. The van der Waals surface area contributed by atoms with Crippen LogP contribution in [0.3, 0.4) is 0 Å². The average molecular weight is 258 g/mol. The van der Waals surface area contributed by atoms with Crippen molar-refractivity contribution in [2.45, 2.75) is 31.7 Å². The third-order valence-electron chi connectivity index (χ3n) is 2.70. The number of hydrogen-bond donors (Lipinski definition) is 4. The summed E-state index contributed by atoms with van der Waals surface area (Å²) in [6, 6.07) is -1.14. The first kappa shape index (κ1) is 14.4. The van der Waals surface area contributed by atoms with Crippen molar-refractivity contribution < 1.29 is 24.6 Å². The number of nitrogens with one attached hydrogen (secondary N) is 2. The Morgan fingerprint density at radius 1 is 1.22 bits per heavy atom. The summed E-state index contributed by atoms with van der Waals surface area (Å²) >= 11 is 0. The lowest BCUT2D eigenvalue weighted by Crippen LogP contribution is -2.45. The molecular formula is C11H18N2O5. The molecule has 1 rings (SSSR count). The van der Waals surface area contributed by atoms with E-state index in [-0.39, 0.29) is 19.4 Å². The standard InChI is InChI=1S/C11H18N2O5/c14-9(6-12-5-7-1-2-7)13-8(11(17)18)3-4-10(15)16/h7-8,12H,1-6H2,(H,13,14)(H,15,16)(H,17,18). The van der Waals surface area contributed by atoms with Crippen LogP contribution in [0.1, 0.15) is 25.7 Å². The lowest BCUT2D eigenvalue weighted by atomic mass is 10.1. The van der Waals surface area contributed by atoms with Gasteiger partial charge in [0.05, 0.1) is 6.54 Å². The molecule has 1 amide bonds. The van der Waals surface area contributed by atoms with Gasteiger partial charge >= 0.3 is 11.9 Å². The fourth-order valence-corrected chi connectivity index (χ4v) is 1.48. The largest absolute Gasteiger partial charge is 0.481 e. The summed E-state index contributed by atoms with van der Waals surface area (Å²) in [6.07, 6.45) is 1.95. The number of rotatable bonds is 9. The molecular weight excluding hydrogens is 240 g/mol. The zero-order valence-corrected chi connectivity index (χ0v) is 10.0. The normalized spacial score (nSPS) is 16.0. The van der Waals surface area contributed by atoms with Gasteiger partial charge in [0, 0.05) is 6.42 Å². The summed E-state index contributed by atoms with van der Waals surface area (Å²) in [5, 5.41) is 22.5. The van der Waals surface area contributed by atoms with Crippen LogP contribution in [0.15, 0.2) is 0 Å². The van der Waals surface area contributed by atoms with Crippen LogP contribution in [0.2, 0.25) is 0 Å². The van der Waals surface area contributed by atoms with Gasteiger partial charge in [0.2, 0.25) is 5.91 Å². The minimum atomic E-state index is -1.22. The second kappa shape index (κ2) is 6.95. The van der Waals surface area contributed by atoms with Crippen molar-refractivity contribution in [1.82, 2.24) is 10.6 Å². The third kappa shape index (κ3) is 6.19. The van der Waals surface area contributed by atoms with Crippen LogP contribution in [0.25, 0.3) is 0 Å². The molecule has 0 radical (unpaired) electrons. The summed E-state index contributed by atoms with van der Waals surface area (Å²) in [5.74, 6) is -2.08. The molecule has 0 aromatic rings. The van der Waals surface area contributed by atoms with Gasteiger partial charge in [0.15, 0.2) is 0 Å². The Morgan fingerprint density at radius 3 is 2.39 bits per heavy atom. The highest BCUT2D eigenvalue weighted by atomic mass is 16.4. The maximum absolute atomic E-state index is 11.4. The number of carboxylic acids is 2. The lowest BCUT2D eigenvalue weighted by molar-refractivity contribution is -0.142. The van der Waals surface area contributed by atoms with Crippen molar-refractivity contribution in [3.63, 3.8) is 0 Å². The van der Waals surface area contributed by atoms with E-state index in [4.69, 9.17) is 10.2 Å². The van der Waals surface area contributed by atoms with Crippen molar-refractivity contribution in [1.29, 1.82) is 0 Å². The molecule has 0 heterocycles. The summed E-state index contributed by atoms with van der Waals surface area (Å²) in [5.41, 5.74) is 0. The fraction of sp³-hybridized carbons (Fsp3) is 0.727. The summed E-state index contributed by atoms with van der Waals surface area (Å²) in [4.78, 5) is 32.6. The smallest absolute Gasteiger partial charge is 0.326 e. The second-order valence-corrected chi connectivity index (χ2v) is 4.47. The summed E-state index contributed by atoms with van der Waals surface area (Å²) in [6.45, 7) is 0.827. The van der Waals surface area contributed by atoms with Gasteiger partial charge in [-0.2, -0.15) is 0 Å². The van der Waals surface area contributed by atoms with Crippen LogP contribution in [0, 0.1) is 5.92 Å². The predicted octanol–water partition coefficient (Wildman–Crippen LogP) is -0.580. The first-order valence-corrected chi connectivity index (χ1v) is 5.93. The molecule has 0 aromatic heterocycles. The van der Waals surface area contributed by atoms with Crippen LogP contribution < -0.4 is 10.6 Å². The zero-order chi connectivity index (χ0) is 13.5. The van der Waals surface area contributed by atoms with E-state index in [0.29, 0.717) is 5.92 Å². The maximum atomic E-state index is 11.4. The van der Waals surface area contributed by atoms with Crippen molar-refractivity contribution >= 4 is 17.8 Å². The van der Waals surface area contributed by atoms with Crippen LogP contribution in [-0.4, -0.2) is 47.2 Å². The molecule has 0 saturated heterocycles. The summed E-state index contributed by atoms with van der Waals surface area (Å²) < 4.78 is 0. The van der Waals surface area contributed by atoms with Gasteiger partial charge in [-0.15, -0.1) is 0 Å². The average Bonchev–Trinajstić information content (AvgIpc) is 3.07. The zero-order valence-electron chi connectivity index (χ0n) is 10.0. The molecule has 1 saturated carbocycles. The van der Waals surface area contributed by atoms with Crippen molar-refractivity contribution in [3.8, 4) is 0 Å². The summed E-state index contributed by atoms with van der Waals surface area (Å²) in [7, 11) is 0. The highest BCUT2D eigenvalue weighted by molar-refractivity contribution is 5.85.